The van der Waals surface area contributed by atoms with Crippen molar-refractivity contribution >= 4 is 68.5 Å². The molecule has 0 fully saturated rings. The van der Waals surface area contributed by atoms with Gasteiger partial charge in [0, 0.05) is 15.6 Å². The van der Waals surface area contributed by atoms with Crippen LogP contribution in [0.2, 0.25) is 5.02 Å². The van der Waals surface area contributed by atoms with Crippen molar-refractivity contribution in [1.82, 2.24) is 10.2 Å². The maximum atomic E-state index is 13.1. The highest BCUT2D eigenvalue weighted by molar-refractivity contribution is 8.01. The first-order valence-electron chi connectivity index (χ1n) is 9.00. The summed E-state index contributed by atoms with van der Waals surface area (Å²) in [6.45, 7) is 0. The molecule has 1 aliphatic rings. The lowest BCUT2D eigenvalue weighted by atomic mass is 9.95. The maximum Gasteiger partial charge on any atom is 0.258 e. The Bertz CT molecular complexity index is 1020. The second-order valence-electron chi connectivity index (χ2n) is 6.42. The van der Waals surface area contributed by atoms with Gasteiger partial charge in [0.25, 0.3) is 5.91 Å². The van der Waals surface area contributed by atoms with E-state index in [9.17, 15) is 9.59 Å². The molecule has 0 unspecified atom stereocenters. The molecular formula is C19H17ClN4O2S3. The van der Waals surface area contributed by atoms with Gasteiger partial charge in [-0.25, -0.2) is 0 Å². The van der Waals surface area contributed by atoms with E-state index >= 15 is 0 Å². The van der Waals surface area contributed by atoms with Gasteiger partial charge in [-0.3, -0.25) is 9.59 Å². The summed E-state index contributed by atoms with van der Waals surface area (Å²) in [6.07, 6.45) is 3.94. The summed E-state index contributed by atoms with van der Waals surface area (Å²) in [5.41, 5.74) is 3.93. The zero-order chi connectivity index (χ0) is 20.2. The van der Waals surface area contributed by atoms with Crippen LogP contribution >= 0.6 is 46.0 Å². The maximum absolute atomic E-state index is 13.1. The highest BCUT2D eigenvalue weighted by Crippen LogP contribution is 2.38. The number of nitrogens with zero attached hydrogens (tertiary/aromatic N) is 2. The fourth-order valence-electron chi connectivity index (χ4n) is 3.14. The smallest absolute Gasteiger partial charge is 0.258 e. The number of carbonyl (C=O) groups excluding carboxylic acids is 2. The quantitative estimate of drug-likeness (QED) is 0.495. The van der Waals surface area contributed by atoms with Crippen LogP contribution in [-0.4, -0.2) is 27.8 Å². The average Bonchev–Trinajstić information content (AvgIpc) is 3.35. The molecule has 0 atom stereocenters. The van der Waals surface area contributed by atoms with Crippen molar-refractivity contribution < 1.29 is 9.59 Å². The summed E-state index contributed by atoms with van der Waals surface area (Å²) in [7, 11) is 0. The van der Waals surface area contributed by atoms with Crippen molar-refractivity contribution in [2.24, 2.45) is 0 Å². The molecule has 0 radical (unpaired) electrons. The third kappa shape index (κ3) is 4.98. The number of aryl methyl sites for hydroxylation is 1. The van der Waals surface area contributed by atoms with Gasteiger partial charge in [0.2, 0.25) is 5.91 Å². The monoisotopic (exact) mass is 464 g/mol. The Kier molecular flexibility index (Phi) is 6.49. The number of benzene rings is 1. The van der Waals surface area contributed by atoms with Crippen LogP contribution in [0.1, 0.15) is 33.6 Å². The summed E-state index contributed by atoms with van der Waals surface area (Å²) >= 11 is 10.2. The molecule has 1 aliphatic carbocycles. The summed E-state index contributed by atoms with van der Waals surface area (Å²) in [5, 5.41) is 14.8. The number of aromatic nitrogens is 2. The van der Waals surface area contributed by atoms with E-state index < -0.39 is 0 Å². The molecular weight excluding hydrogens is 448 g/mol. The zero-order valence-electron chi connectivity index (χ0n) is 15.2. The van der Waals surface area contributed by atoms with E-state index in [1.165, 1.54) is 39.3 Å². The summed E-state index contributed by atoms with van der Waals surface area (Å²) in [4.78, 5) is 26.7. The Hall–Kier alpha value is -1.94. The molecule has 29 heavy (non-hydrogen) atoms. The van der Waals surface area contributed by atoms with Crippen LogP contribution in [0.3, 0.4) is 0 Å². The minimum absolute atomic E-state index is 0.163. The number of amides is 2. The van der Waals surface area contributed by atoms with Crippen LogP contribution in [-0.2, 0) is 17.6 Å². The third-order valence-corrected chi connectivity index (χ3v) is 7.74. The Morgan fingerprint density at radius 3 is 2.69 bits per heavy atom. The SMILES string of the molecule is O=C(CSc1nncs1)Nc1sc2c(c1C(=O)Nc1ccc(Cl)cc1)CCCC2. The predicted octanol–water partition coefficient (Wildman–Crippen LogP) is 5.11. The van der Waals surface area contributed by atoms with Crippen molar-refractivity contribution in [3.05, 3.63) is 50.8 Å². The van der Waals surface area contributed by atoms with Gasteiger partial charge >= 0.3 is 0 Å². The minimum Gasteiger partial charge on any atom is -0.322 e. The Balaban J connectivity index is 1.53. The first-order valence-corrected chi connectivity index (χ1v) is 12.1. The standard InChI is InChI=1S/C19H17ClN4O2S3/c20-11-5-7-12(8-6-11)22-17(26)16-13-3-1-2-4-14(13)29-18(16)23-15(25)9-27-19-24-21-10-28-19/h5-8,10H,1-4,9H2,(H,22,26)(H,23,25). The van der Waals surface area contributed by atoms with Crippen LogP contribution in [0.5, 0.6) is 0 Å². The van der Waals surface area contributed by atoms with Crippen LogP contribution in [0.15, 0.2) is 34.1 Å². The molecule has 0 bridgehead atoms. The van der Waals surface area contributed by atoms with Crippen molar-refractivity contribution in [1.29, 1.82) is 0 Å². The number of thiophene rings is 1. The number of nitrogens with one attached hydrogen (secondary N) is 2. The van der Waals surface area contributed by atoms with Gasteiger partial charge in [-0.15, -0.1) is 21.5 Å². The molecule has 0 aliphatic heterocycles. The number of halogens is 1. The lowest BCUT2D eigenvalue weighted by molar-refractivity contribution is -0.113. The van der Waals surface area contributed by atoms with Crippen molar-refractivity contribution in [3.63, 3.8) is 0 Å². The van der Waals surface area contributed by atoms with E-state index in [-0.39, 0.29) is 17.6 Å². The van der Waals surface area contributed by atoms with Gasteiger partial charge in [-0.1, -0.05) is 34.7 Å². The molecule has 1 aromatic carbocycles. The molecule has 150 valence electrons. The van der Waals surface area contributed by atoms with Crippen LogP contribution in [0.4, 0.5) is 10.7 Å². The van der Waals surface area contributed by atoms with Gasteiger partial charge < -0.3 is 10.6 Å². The Labute approximate surface area is 185 Å². The second-order valence-corrected chi connectivity index (χ2v) is 10.0. The lowest BCUT2D eigenvalue weighted by Gasteiger charge is -2.13. The summed E-state index contributed by atoms with van der Waals surface area (Å²) in [5.74, 6) is -0.154. The van der Waals surface area contributed by atoms with Crippen molar-refractivity contribution in [2.45, 2.75) is 30.0 Å². The first kappa shape index (κ1) is 20.3. The first-order chi connectivity index (χ1) is 14.1. The fourth-order valence-corrected chi connectivity index (χ4v) is 5.85. The van der Waals surface area contributed by atoms with Crippen molar-refractivity contribution in [3.8, 4) is 0 Å². The highest BCUT2D eigenvalue weighted by Gasteiger charge is 2.26. The van der Waals surface area contributed by atoms with Crippen LogP contribution in [0.25, 0.3) is 0 Å². The second kappa shape index (κ2) is 9.25. The van der Waals surface area contributed by atoms with E-state index in [0.29, 0.717) is 21.3 Å². The zero-order valence-corrected chi connectivity index (χ0v) is 18.4. The highest BCUT2D eigenvalue weighted by atomic mass is 35.5. The number of fused-ring (bicyclic) bond motifs is 1. The molecule has 6 nitrogen and oxygen atoms in total. The molecule has 2 amide bonds. The van der Waals surface area contributed by atoms with Gasteiger partial charge in [0.1, 0.15) is 10.5 Å². The summed E-state index contributed by atoms with van der Waals surface area (Å²) in [6, 6.07) is 6.98. The summed E-state index contributed by atoms with van der Waals surface area (Å²) < 4.78 is 0.742. The van der Waals surface area contributed by atoms with E-state index in [2.05, 4.69) is 20.8 Å². The fraction of sp³-hybridized carbons (Fsp3) is 0.263. The van der Waals surface area contributed by atoms with E-state index in [1.807, 2.05) is 0 Å². The normalized spacial score (nSPS) is 13.0. The molecule has 0 saturated heterocycles. The Morgan fingerprint density at radius 1 is 1.14 bits per heavy atom. The third-order valence-electron chi connectivity index (χ3n) is 4.42. The van der Waals surface area contributed by atoms with Gasteiger partial charge in [-0.05, 0) is 55.5 Å². The van der Waals surface area contributed by atoms with Gasteiger partial charge in [0.05, 0.1) is 11.3 Å². The predicted molar refractivity (Wildman–Crippen MR) is 120 cm³/mol. The molecule has 10 heteroatoms. The molecule has 3 aromatic rings. The molecule has 0 saturated carbocycles. The number of hydrogen-bond acceptors (Lipinski definition) is 7. The van der Waals surface area contributed by atoms with E-state index in [0.717, 1.165) is 35.6 Å². The minimum atomic E-state index is -0.209. The molecule has 2 N–H and O–H groups in total. The number of hydrogen-bond donors (Lipinski definition) is 2. The van der Waals surface area contributed by atoms with Crippen molar-refractivity contribution in [2.75, 3.05) is 16.4 Å². The number of rotatable bonds is 6. The number of anilines is 2. The average molecular weight is 465 g/mol. The van der Waals surface area contributed by atoms with E-state index in [4.69, 9.17) is 11.6 Å². The molecule has 2 heterocycles. The largest absolute Gasteiger partial charge is 0.322 e. The van der Waals surface area contributed by atoms with Crippen LogP contribution < -0.4 is 10.6 Å². The molecule has 0 spiro atoms. The lowest BCUT2D eigenvalue weighted by Crippen LogP contribution is -2.19. The number of carbonyl (C=O) groups is 2. The van der Waals surface area contributed by atoms with E-state index in [1.54, 1.807) is 29.8 Å². The van der Waals surface area contributed by atoms with Crippen LogP contribution in [0, 0.1) is 0 Å². The van der Waals surface area contributed by atoms with Gasteiger partial charge in [0.15, 0.2) is 4.34 Å². The topological polar surface area (TPSA) is 84.0 Å². The Morgan fingerprint density at radius 2 is 1.93 bits per heavy atom. The molecule has 2 aromatic heterocycles. The van der Waals surface area contributed by atoms with Gasteiger partial charge in [-0.2, -0.15) is 0 Å². The molecule has 4 rings (SSSR count). The number of thioether (sulfide) groups is 1.